The molecule has 0 saturated carbocycles. The highest BCUT2D eigenvalue weighted by molar-refractivity contribution is 6.16. The second-order valence-electron chi connectivity index (χ2n) is 4.49. The lowest BCUT2D eigenvalue weighted by molar-refractivity contribution is 0.472. The van der Waals surface area contributed by atoms with Crippen molar-refractivity contribution >= 4 is 22.6 Å². The van der Waals surface area contributed by atoms with Gasteiger partial charge in [0, 0.05) is 6.04 Å². The molecule has 92 valence electrons. The Bertz CT molecular complexity index is 512. The second-order valence-corrected chi connectivity index (χ2v) is 4.76. The predicted molar refractivity (Wildman–Crippen MR) is 73.6 cm³/mol. The number of rotatable bonds is 4. The largest absolute Gasteiger partial charge is 0.324 e. The Labute approximate surface area is 108 Å². The minimum Gasteiger partial charge on any atom is -0.324 e. The third-order valence-corrected chi connectivity index (χ3v) is 3.58. The maximum Gasteiger partial charge on any atom is 0.125 e. The van der Waals surface area contributed by atoms with Gasteiger partial charge in [-0.3, -0.25) is 0 Å². The fraction of sp³-hybridized carbons (Fsp3) is 0.500. The van der Waals surface area contributed by atoms with Crippen LogP contribution in [0, 0.1) is 6.92 Å². The van der Waals surface area contributed by atoms with E-state index in [0.29, 0.717) is 11.9 Å². The lowest BCUT2D eigenvalue weighted by atomic mass is 10.1. The van der Waals surface area contributed by atoms with Crippen molar-refractivity contribution in [3.63, 3.8) is 0 Å². The molecule has 2 nitrogen and oxygen atoms in total. The third-order valence-electron chi connectivity index (χ3n) is 3.35. The summed E-state index contributed by atoms with van der Waals surface area (Å²) in [6, 6.07) is 6.89. The van der Waals surface area contributed by atoms with Crippen molar-refractivity contribution in [1.29, 1.82) is 0 Å². The van der Waals surface area contributed by atoms with Crippen LogP contribution < -0.4 is 0 Å². The van der Waals surface area contributed by atoms with Gasteiger partial charge in [0.2, 0.25) is 0 Å². The molecule has 3 heteroatoms. The van der Waals surface area contributed by atoms with Crippen molar-refractivity contribution in [2.45, 2.75) is 45.5 Å². The molecule has 1 aromatic heterocycles. The summed E-state index contributed by atoms with van der Waals surface area (Å²) < 4.78 is 2.31. The first kappa shape index (κ1) is 12.4. The standard InChI is InChI=1S/C14H19ClN2/c1-4-11(5-2)17-13-8-10(3)6-7-12(13)16-14(17)9-15/h6-8,11H,4-5,9H2,1-3H3. The highest BCUT2D eigenvalue weighted by Gasteiger charge is 2.15. The Morgan fingerprint density at radius 3 is 2.59 bits per heavy atom. The molecule has 1 aromatic carbocycles. The molecule has 0 N–H and O–H groups in total. The number of hydrogen-bond donors (Lipinski definition) is 0. The van der Waals surface area contributed by atoms with E-state index in [1.54, 1.807) is 0 Å². The number of aromatic nitrogens is 2. The molecule has 0 saturated heterocycles. The first-order chi connectivity index (χ1) is 8.21. The van der Waals surface area contributed by atoms with E-state index in [1.165, 1.54) is 11.1 Å². The molecule has 0 aliphatic rings. The van der Waals surface area contributed by atoms with Crippen molar-refractivity contribution in [2.75, 3.05) is 0 Å². The van der Waals surface area contributed by atoms with Crippen LogP contribution in [-0.4, -0.2) is 9.55 Å². The summed E-state index contributed by atoms with van der Waals surface area (Å²) in [5.74, 6) is 1.46. The van der Waals surface area contributed by atoms with Gasteiger partial charge in [-0.25, -0.2) is 4.98 Å². The van der Waals surface area contributed by atoms with E-state index in [1.807, 2.05) is 0 Å². The van der Waals surface area contributed by atoms with Gasteiger partial charge in [0.25, 0.3) is 0 Å². The van der Waals surface area contributed by atoms with Gasteiger partial charge < -0.3 is 4.57 Å². The van der Waals surface area contributed by atoms with Gasteiger partial charge in [-0.1, -0.05) is 19.9 Å². The summed E-state index contributed by atoms with van der Waals surface area (Å²) in [4.78, 5) is 4.62. The van der Waals surface area contributed by atoms with E-state index in [4.69, 9.17) is 11.6 Å². The molecule has 0 bridgehead atoms. The highest BCUT2D eigenvalue weighted by Crippen LogP contribution is 2.26. The van der Waals surface area contributed by atoms with Gasteiger partial charge in [-0.15, -0.1) is 11.6 Å². The summed E-state index contributed by atoms with van der Waals surface area (Å²) in [6.45, 7) is 6.55. The van der Waals surface area contributed by atoms with Crippen LogP contribution in [0.25, 0.3) is 11.0 Å². The number of hydrogen-bond acceptors (Lipinski definition) is 1. The normalized spacial score (nSPS) is 11.6. The molecule has 0 atom stereocenters. The van der Waals surface area contributed by atoms with E-state index in [9.17, 15) is 0 Å². The molecule has 0 amide bonds. The topological polar surface area (TPSA) is 17.8 Å². The molecule has 1 heterocycles. The lowest BCUT2D eigenvalue weighted by Crippen LogP contribution is -2.10. The van der Waals surface area contributed by atoms with Crippen molar-refractivity contribution in [3.8, 4) is 0 Å². The Kier molecular flexibility index (Phi) is 3.72. The number of fused-ring (bicyclic) bond motifs is 1. The predicted octanol–water partition coefficient (Wildman–Crippen LogP) is 4.44. The van der Waals surface area contributed by atoms with Crippen LogP contribution in [0.3, 0.4) is 0 Å². The van der Waals surface area contributed by atoms with Crippen LogP contribution in [0.2, 0.25) is 0 Å². The van der Waals surface area contributed by atoms with Crippen LogP contribution in [0.15, 0.2) is 18.2 Å². The first-order valence-electron chi connectivity index (χ1n) is 6.24. The van der Waals surface area contributed by atoms with Gasteiger partial charge in [-0.05, 0) is 37.5 Å². The van der Waals surface area contributed by atoms with E-state index in [-0.39, 0.29) is 0 Å². The Morgan fingerprint density at radius 1 is 1.29 bits per heavy atom. The van der Waals surface area contributed by atoms with Gasteiger partial charge in [0.05, 0.1) is 16.9 Å². The van der Waals surface area contributed by atoms with Crippen molar-refractivity contribution < 1.29 is 0 Å². The van der Waals surface area contributed by atoms with Crippen molar-refractivity contribution in [2.24, 2.45) is 0 Å². The zero-order chi connectivity index (χ0) is 12.4. The maximum absolute atomic E-state index is 6.02. The number of benzene rings is 1. The summed E-state index contributed by atoms with van der Waals surface area (Å²) in [7, 11) is 0. The summed E-state index contributed by atoms with van der Waals surface area (Å²) >= 11 is 6.02. The van der Waals surface area contributed by atoms with Crippen LogP contribution >= 0.6 is 11.6 Å². The van der Waals surface area contributed by atoms with Crippen molar-refractivity contribution in [3.05, 3.63) is 29.6 Å². The minimum atomic E-state index is 0.476. The molecular formula is C14H19ClN2. The molecule has 17 heavy (non-hydrogen) atoms. The van der Waals surface area contributed by atoms with E-state index in [2.05, 4.69) is 48.5 Å². The Hall–Kier alpha value is -1.02. The van der Waals surface area contributed by atoms with Gasteiger partial charge in [-0.2, -0.15) is 0 Å². The quantitative estimate of drug-likeness (QED) is 0.734. The highest BCUT2D eigenvalue weighted by atomic mass is 35.5. The second kappa shape index (κ2) is 5.09. The monoisotopic (exact) mass is 250 g/mol. The zero-order valence-corrected chi connectivity index (χ0v) is 11.5. The number of halogens is 1. The average Bonchev–Trinajstić information content (AvgIpc) is 2.69. The molecule has 2 rings (SSSR count). The number of aryl methyl sites for hydroxylation is 1. The van der Waals surface area contributed by atoms with Crippen LogP contribution in [-0.2, 0) is 5.88 Å². The van der Waals surface area contributed by atoms with E-state index in [0.717, 1.165) is 24.2 Å². The minimum absolute atomic E-state index is 0.476. The van der Waals surface area contributed by atoms with E-state index < -0.39 is 0 Å². The Morgan fingerprint density at radius 2 is 2.00 bits per heavy atom. The van der Waals surface area contributed by atoms with Gasteiger partial charge in [0.1, 0.15) is 5.82 Å². The molecule has 0 aliphatic heterocycles. The number of imidazole rings is 1. The SMILES string of the molecule is CCC(CC)n1c(CCl)nc2ccc(C)cc21. The van der Waals surface area contributed by atoms with Gasteiger partial charge >= 0.3 is 0 Å². The summed E-state index contributed by atoms with van der Waals surface area (Å²) in [5, 5.41) is 0. The van der Waals surface area contributed by atoms with E-state index >= 15 is 0 Å². The third kappa shape index (κ3) is 2.19. The van der Waals surface area contributed by atoms with Gasteiger partial charge in [0.15, 0.2) is 0 Å². The first-order valence-corrected chi connectivity index (χ1v) is 6.78. The fourth-order valence-electron chi connectivity index (χ4n) is 2.41. The number of nitrogens with zero attached hydrogens (tertiary/aromatic N) is 2. The Balaban J connectivity index is 2.67. The maximum atomic E-state index is 6.02. The van der Waals surface area contributed by atoms with Crippen LogP contribution in [0.5, 0.6) is 0 Å². The lowest BCUT2D eigenvalue weighted by Gasteiger charge is -2.18. The average molecular weight is 251 g/mol. The number of alkyl halides is 1. The summed E-state index contributed by atoms with van der Waals surface area (Å²) in [6.07, 6.45) is 2.22. The van der Waals surface area contributed by atoms with Crippen LogP contribution in [0.1, 0.15) is 44.1 Å². The summed E-state index contributed by atoms with van der Waals surface area (Å²) in [5.41, 5.74) is 3.54. The molecule has 2 aromatic rings. The zero-order valence-electron chi connectivity index (χ0n) is 10.7. The van der Waals surface area contributed by atoms with Crippen LogP contribution in [0.4, 0.5) is 0 Å². The smallest absolute Gasteiger partial charge is 0.125 e. The molecule has 0 unspecified atom stereocenters. The molecule has 0 aliphatic carbocycles. The molecule has 0 fully saturated rings. The molecule has 0 radical (unpaired) electrons. The molecular weight excluding hydrogens is 232 g/mol. The molecule has 0 spiro atoms. The van der Waals surface area contributed by atoms with Crippen molar-refractivity contribution in [1.82, 2.24) is 9.55 Å². The fourth-order valence-corrected chi connectivity index (χ4v) is 2.60.